The van der Waals surface area contributed by atoms with Gasteiger partial charge in [-0.2, -0.15) is 0 Å². The highest BCUT2D eigenvalue weighted by atomic mass is 32.2. The highest BCUT2D eigenvalue weighted by Crippen LogP contribution is 2.47. The number of sulfone groups is 1. The smallest absolute Gasteiger partial charge is 0.213 e. The molecule has 1 aliphatic rings. The molecule has 0 unspecified atom stereocenters. The van der Waals surface area contributed by atoms with Crippen molar-refractivity contribution in [2.45, 2.75) is 9.79 Å². The molecule has 0 atom stereocenters. The Morgan fingerprint density at radius 3 is 2.41 bits per heavy atom. The highest BCUT2D eigenvalue weighted by Gasteiger charge is 2.43. The van der Waals surface area contributed by atoms with E-state index in [0.717, 1.165) is 0 Å². The fourth-order valence-electron chi connectivity index (χ4n) is 1.65. The van der Waals surface area contributed by atoms with Crippen LogP contribution in [0.3, 0.4) is 0 Å². The Bertz CT molecular complexity index is 687. The molecule has 0 spiro atoms. The standard InChI is InChI=1S/C12H8O4S/c13-8-4-6-9(7-5-8)16-10-2-1-3-11-12(10)17(11,14)15/h1-7,13H. The van der Waals surface area contributed by atoms with Gasteiger partial charge in [0.25, 0.3) is 0 Å². The van der Waals surface area contributed by atoms with Gasteiger partial charge in [-0.15, -0.1) is 0 Å². The van der Waals surface area contributed by atoms with E-state index < -0.39 is 9.84 Å². The molecule has 1 aliphatic heterocycles. The first kappa shape index (κ1) is 10.2. The first-order valence-corrected chi connectivity index (χ1v) is 6.42. The van der Waals surface area contributed by atoms with Crippen molar-refractivity contribution in [2.24, 2.45) is 0 Å². The van der Waals surface area contributed by atoms with Crippen LogP contribution in [0.1, 0.15) is 0 Å². The number of phenols is 1. The molecule has 1 N–H and O–H groups in total. The maximum Gasteiger partial charge on any atom is 0.213 e. The summed E-state index contributed by atoms with van der Waals surface area (Å²) in [6.45, 7) is 0. The summed E-state index contributed by atoms with van der Waals surface area (Å²) in [5.41, 5.74) is 0. The summed E-state index contributed by atoms with van der Waals surface area (Å²) in [4.78, 5) is 0.585. The minimum absolute atomic E-state index is 0.133. The van der Waals surface area contributed by atoms with E-state index >= 15 is 0 Å². The molecule has 0 radical (unpaired) electrons. The van der Waals surface area contributed by atoms with E-state index in [-0.39, 0.29) is 10.6 Å². The molecule has 0 aliphatic carbocycles. The molecule has 17 heavy (non-hydrogen) atoms. The Labute approximate surface area is 98.0 Å². The molecule has 2 aromatic rings. The molecule has 0 fully saturated rings. The Morgan fingerprint density at radius 1 is 1.00 bits per heavy atom. The first-order valence-electron chi connectivity index (χ1n) is 4.94. The monoisotopic (exact) mass is 248 g/mol. The molecular formula is C12H8O4S. The second-order valence-corrected chi connectivity index (χ2v) is 5.54. The number of ether oxygens (including phenoxy) is 1. The predicted octanol–water partition coefficient (Wildman–Crippen LogP) is 2.33. The fraction of sp³-hybridized carbons (Fsp3) is 0. The van der Waals surface area contributed by atoms with E-state index in [0.29, 0.717) is 16.4 Å². The highest BCUT2D eigenvalue weighted by molar-refractivity contribution is 7.97. The van der Waals surface area contributed by atoms with E-state index in [2.05, 4.69) is 0 Å². The van der Waals surface area contributed by atoms with Gasteiger partial charge in [0.1, 0.15) is 22.1 Å². The average Bonchev–Trinajstić information content (AvgIpc) is 2.87. The molecule has 0 bridgehead atoms. The summed E-state index contributed by atoms with van der Waals surface area (Å²) < 4.78 is 28.4. The number of hydrogen-bond acceptors (Lipinski definition) is 4. The first-order chi connectivity index (χ1) is 8.09. The fourth-order valence-corrected chi connectivity index (χ4v) is 3.07. The summed E-state index contributed by atoms with van der Waals surface area (Å²) in [6, 6.07) is 10.9. The number of hydrogen-bond donors (Lipinski definition) is 1. The zero-order valence-corrected chi connectivity index (χ0v) is 9.44. The number of phenolic OH excluding ortho intramolecular Hbond substituents is 1. The third-order valence-corrected chi connectivity index (χ3v) is 4.20. The van der Waals surface area contributed by atoms with Crippen molar-refractivity contribution in [1.29, 1.82) is 0 Å². The third-order valence-electron chi connectivity index (χ3n) is 2.52. The minimum Gasteiger partial charge on any atom is -0.508 e. The van der Waals surface area contributed by atoms with Crippen molar-refractivity contribution in [3.8, 4) is 17.2 Å². The van der Waals surface area contributed by atoms with Crippen molar-refractivity contribution in [2.75, 3.05) is 0 Å². The van der Waals surface area contributed by atoms with Gasteiger partial charge < -0.3 is 9.84 Å². The maximum atomic E-state index is 11.5. The molecule has 0 aromatic heterocycles. The second kappa shape index (κ2) is 3.24. The van der Waals surface area contributed by atoms with Crippen molar-refractivity contribution in [1.82, 2.24) is 0 Å². The molecule has 0 saturated heterocycles. The lowest BCUT2D eigenvalue weighted by Gasteiger charge is -2.03. The van der Waals surface area contributed by atoms with Crippen LogP contribution in [0.25, 0.3) is 0 Å². The van der Waals surface area contributed by atoms with Gasteiger partial charge in [0.2, 0.25) is 9.84 Å². The minimum atomic E-state index is -3.21. The summed E-state index contributed by atoms with van der Waals surface area (Å²) >= 11 is 0. The van der Waals surface area contributed by atoms with E-state index in [9.17, 15) is 8.42 Å². The van der Waals surface area contributed by atoms with Gasteiger partial charge in [0.05, 0.1) is 4.90 Å². The predicted molar refractivity (Wildman–Crippen MR) is 60.1 cm³/mol. The van der Waals surface area contributed by atoms with Gasteiger partial charge >= 0.3 is 0 Å². The van der Waals surface area contributed by atoms with Crippen LogP contribution >= 0.6 is 0 Å². The summed E-state index contributed by atoms with van der Waals surface area (Å²) in [7, 11) is -3.21. The Morgan fingerprint density at radius 2 is 1.71 bits per heavy atom. The van der Waals surface area contributed by atoms with Crippen LogP contribution in [-0.4, -0.2) is 13.5 Å². The van der Waals surface area contributed by atoms with E-state index in [1.165, 1.54) is 12.1 Å². The van der Waals surface area contributed by atoms with E-state index in [1.807, 2.05) is 0 Å². The van der Waals surface area contributed by atoms with Crippen molar-refractivity contribution in [3.63, 3.8) is 0 Å². The normalized spacial score (nSPS) is 15.1. The van der Waals surface area contributed by atoms with Crippen LogP contribution in [0.4, 0.5) is 0 Å². The molecule has 0 amide bonds. The summed E-state index contributed by atoms with van der Waals surface area (Å²) in [5.74, 6) is 0.945. The van der Waals surface area contributed by atoms with Crippen molar-refractivity contribution >= 4 is 9.84 Å². The number of aromatic hydroxyl groups is 1. The Balaban J connectivity index is 1.97. The quantitative estimate of drug-likeness (QED) is 0.707. The maximum absolute atomic E-state index is 11.5. The van der Waals surface area contributed by atoms with Crippen LogP contribution in [-0.2, 0) is 9.84 Å². The molecule has 3 rings (SSSR count). The number of fused-ring (bicyclic) bond motifs is 1. The van der Waals surface area contributed by atoms with Gasteiger partial charge in [-0.05, 0) is 36.4 Å². The average molecular weight is 248 g/mol. The third kappa shape index (κ3) is 1.55. The topological polar surface area (TPSA) is 63.6 Å². The van der Waals surface area contributed by atoms with Crippen molar-refractivity contribution < 1.29 is 18.3 Å². The second-order valence-electron chi connectivity index (χ2n) is 3.68. The lowest BCUT2D eigenvalue weighted by molar-refractivity contribution is 0.458. The van der Waals surface area contributed by atoms with Gasteiger partial charge in [0, 0.05) is 0 Å². The van der Waals surface area contributed by atoms with Crippen LogP contribution in [0.5, 0.6) is 17.2 Å². The van der Waals surface area contributed by atoms with E-state index in [1.54, 1.807) is 30.3 Å². The summed E-state index contributed by atoms with van der Waals surface area (Å²) in [5, 5.41) is 9.12. The van der Waals surface area contributed by atoms with Crippen LogP contribution in [0.2, 0.25) is 0 Å². The van der Waals surface area contributed by atoms with Crippen LogP contribution in [0.15, 0.2) is 52.3 Å². The Kier molecular flexibility index (Phi) is 1.94. The zero-order chi connectivity index (χ0) is 12.0. The Hall–Kier alpha value is -2.01. The SMILES string of the molecule is O=S1(=O)c2cccc(Oc3ccc(O)cc3)c21. The molecular weight excluding hydrogens is 240 g/mol. The van der Waals surface area contributed by atoms with Gasteiger partial charge in [-0.25, -0.2) is 8.42 Å². The molecule has 86 valence electrons. The largest absolute Gasteiger partial charge is 0.508 e. The lowest BCUT2D eigenvalue weighted by atomic mass is 10.3. The molecule has 2 aromatic carbocycles. The van der Waals surface area contributed by atoms with Gasteiger partial charge in [-0.1, -0.05) is 6.07 Å². The molecule has 5 heteroatoms. The zero-order valence-electron chi connectivity index (χ0n) is 8.62. The molecule has 1 heterocycles. The van der Waals surface area contributed by atoms with E-state index in [4.69, 9.17) is 9.84 Å². The van der Waals surface area contributed by atoms with Crippen LogP contribution < -0.4 is 4.74 Å². The number of benzene rings is 2. The van der Waals surface area contributed by atoms with Crippen LogP contribution in [0, 0.1) is 0 Å². The number of rotatable bonds is 2. The van der Waals surface area contributed by atoms with Crippen molar-refractivity contribution in [3.05, 3.63) is 42.5 Å². The van der Waals surface area contributed by atoms with Gasteiger partial charge in [0.15, 0.2) is 0 Å². The lowest BCUT2D eigenvalue weighted by Crippen LogP contribution is -1.83. The molecule has 4 nitrogen and oxygen atoms in total. The summed E-state index contributed by atoms with van der Waals surface area (Å²) in [6.07, 6.45) is 0. The molecule has 0 saturated carbocycles. The van der Waals surface area contributed by atoms with Gasteiger partial charge in [-0.3, -0.25) is 0 Å².